The van der Waals surface area contributed by atoms with E-state index >= 15 is 0 Å². The van der Waals surface area contributed by atoms with Gasteiger partial charge in [0.25, 0.3) is 0 Å². The fourth-order valence-electron chi connectivity index (χ4n) is 3.73. The van der Waals surface area contributed by atoms with E-state index in [0.29, 0.717) is 18.6 Å². The molecule has 128 valence electrons. The highest BCUT2D eigenvalue weighted by atomic mass is 16.5. The van der Waals surface area contributed by atoms with Crippen molar-refractivity contribution in [3.8, 4) is 0 Å². The summed E-state index contributed by atoms with van der Waals surface area (Å²) in [4.78, 5) is 4.72. The Balaban J connectivity index is 1.61. The average Bonchev–Trinajstić information content (AvgIpc) is 2.89. The van der Waals surface area contributed by atoms with Gasteiger partial charge in [0.15, 0.2) is 5.96 Å². The van der Waals surface area contributed by atoms with Gasteiger partial charge in [-0.3, -0.25) is 4.68 Å². The summed E-state index contributed by atoms with van der Waals surface area (Å²) in [6.45, 7) is 2.74. The highest BCUT2D eigenvalue weighted by Gasteiger charge is 2.43. The zero-order valence-electron chi connectivity index (χ0n) is 14.0. The Morgan fingerprint density at radius 3 is 2.78 bits per heavy atom. The first kappa shape index (κ1) is 16.3. The van der Waals surface area contributed by atoms with Crippen LogP contribution in [0.5, 0.6) is 0 Å². The van der Waals surface area contributed by atoms with Crippen LogP contribution in [0.25, 0.3) is 0 Å². The summed E-state index contributed by atoms with van der Waals surface area (Å²) in [6.07, 6.45) is 12.5. The van der Waals surface area contributed by atoms with Gasteiger partial charge in [-0.25, -0.2) is 4.99 Å². The fraction of sp³-hybridized carbons (Fsp3) is 0.765. The highest BCUT2D eigenvalue weighted by molar-refractivity contribution is 5.78. The molecule has 2 aliphatic rings. The van der Waals surface area contributed by atoms with Crippen molar-refractivity contribution in [3.63, 3.8) is 0 Å². The molecule has 1 heterocycles. The van der Waals surface area contributed by atoms with E-state index in [-0.39, 0.29) is 18.2 Å². The van der Waals surface area contributed by atoms with Crippen molar-refractivity contribution >= 4 is 5.96 Å². The van der Waals surface area contributed by atoms with E-state index in [2.05, 4.69) is 10.4 Å². The lowest BCUT2D eigenvalue weighted by molar-refractivity contribution is -0.0505. The number of ether oxygens (including phenoxy) is 1. The maximum Gasteiger partial charge on any atom is 0.189 e. The predicted octanol–water partition coefficient (Wildman–Crippen LogP) is 2.23. The molecule has 3 N–H and O–H groups in total. The number of aromatic nitrogens is 2. The molecule has 1 aromatic rings. The Labute approximate surface area is 138 Å². The third kappa shape index (κ3) is 4.05. The van der Waals surface area contributed by atoms with Crippen molar-refractivity contribution in [1.82, 2.24) is 15.1 Å². The van der Waals surface area contributed by atoms with Crippen molar-refractivity contribution in [3.05, 3.63) is 18.5 Å². The number of guanidine groups is 1. The summed E-state index contributed by atoms with van der Waals surface area (Å²) < 4.78 is 7.76. The van der Waals surface area contributed by atoms with Crippen LogP contribution in [0.4, 0.5) is 0 Å². The van der Waals surface area contributed by atoms with E-state index in [1.165, 1.54) is 38.5 Å². The number of nitrogens with two attached hydrogens (primary N) is 1. The Morgan fingerprint density at radius 2 is 2.13 bits per heavy atom. The molecule has 1 aromatic heterocycles. The van der Waals surface area contributed by atoms with Crippen LogP contribution >= 0.6 is 0 Å². The second-order valence-electron chi connectivity index (χ2n) is 6.62. The number of rotatable bonds is 5. The summed E-state index contributed by atoms with van der Waals surface area (Å²) in [7, 11) is 0. The molecule has 0 aliphatic heterocycles. The molecule has 2 aliphatic carbocycles. The average molecular weight is 319 g/mol. The molecule has 6 nitrogen and oxygen atoms in total. The number of hydrogen-bond acceptors (Lipinski definition) is 3. The molecule has 23 heavy (non-hydrogen) atoms. The summed E-state index contributed by atoms with van der Waals surface area (Å²) in [5.74, 6) is 0.578. The molecule has 2 saturated carbocycles. The lowest BCUT2D eigenvalue weighted by atomic mass is 9.83. The van der Waals surface area contributed by atoms with Gasteiger partial charge in [-0.05, 0) is 25.8 Å². The molecule has 0 amide bonds. The van der Waals surface area contributed by atoms with Gasteiger partial charge in [0.1, 0.15) is 6.04 Å². The Bertz CT molecular complexity index is 493. The van der Waals surface area contributed by atoms with Gasteiger partial charge in [0, 0.05) is 31.5 Å². The lowest BCUT2D eigenvalue weighted by Crippen LogP contribution is -2.50. The van der Waals surface area contributed by atoms with Crippen LogP contribution in [0.2, 0.25) is 0 Å². The highest BCUT2D eigenvalue weighted by Crippen LogP contribution is 2.37. The van der Waals surface area contributed by atoms with E-state index in [0.717, 1.165) is 6.42 Å². The van der Waals surface area contributed by atoms with Gasteiger partial charge in [0.2, 0.25) is 0 Å². The van der Waals surface area contributed by atoms with Crippen LogP contribution < -0.4 is 11.1 Å². The second-order valence-corrected chi connectivity index (χ2v) is 6.62. The van der Waals surface area contributed by atoms with Gasteiger partial charge in [-0.2, -0.15) is 5.10 Å². The number of nitrogens with zero attached hydrogens (tertiary/aromatic N) is 3. The Hall–Kier alpha value is -1.56. The maximum atomic E-state index is 6.17. The Kier molecular flexibility index (Phi) is 5.54. The van der Waals surface area contributed by atoms with Crippen molar-refractivity contribution in [1.29, 1.82) is 0 Å². The quantitative estimate of drug-likeness (QED) is 0.496. The molecule has 0 radical (unpaired) electrons. The van der Waals surface area contributed by atoms with E-state index in [1.807, 2.05) is 23.9 Å². The van der Waals surface area contributed by atoms with E-state index < -0.39 is 0 Å². The van der Waals surface area contributed by atoms with Crippen molar-refractivity contribution in [2.75, 3.05) is 6.61 Å². The minimum Gasteiger partial charge on any atom is -0.376 e. The van der Waals surface area contributed by atoms with Crippen molar-refractivity contribution in [2.24, 2.45) is 10.7 Å². The second kappa shape index (κ2) is 7.81. The van der Waals surface area contributed by atoms with Crippen molar-refractivity contribution in [2.45, 2.75) is 76.1 Å². The van der Waals surface area contributed by atoms with Crippen LogP contribution in [-0.2, 0) is 4.74 Å². The third-order valence-electron chi connectivity index (χ3n) is 4.97. The van der Waals surface area contributed by atoms with E-state index in [4.69, 9.17) is 15.5 Å². The standard InChI is InChI=1S/C17H29N5O/c1-2-23-15-12-14(16(15)22-11-7-10-19-22)21-17(18)20-13-8-5-3-4-6-9-13/h7,10-11,13-16H,2-6,8-9,12H2,1H3,(H3,18,20,21). The maximum absolute atomic E-state index is 6.17. The molecule has 3 rings (SSSR count). The topological polar surface area (TPSA) is 77.5 Å². The summed E-state index contributed by atoms with van der Waals surface area (Å²) >= 11 is 0. The zero-order valence-corrected chi connectivity index (χ0v) is 14.0. The number of hydrogen-bond donors (Lipinski definition) is 2. The first-order chi connectivity index (χ1) is 11.3. The molecule has 3 unspecified atom stereocenters. The normalized spacial score (nSPS) is 29.8. The van der Waals surface area contributed by atoms with Crippen LogP contribution in [0.1, 0.15) is 57.9 Å². The van der Waals surface area contributed by atoms with Crippen LogP contribution in [0, 0.1) is 0 Å². The number of aliphatic imine (C=N–C) groups is 1. The molecule has 6 heteroatoms. The summed E-state index contributed by atoms with van der Waals surface area (Å²) in [5.41, 5.74) is 6.17. The van der Waals surface area contributed by atoms with Crippen molar-refractivity contribution < 1.29 is 4.74 Å². The summed E-state index contributed by atoms with van der Waals surface area (Å²) in [6, 6.07) is 2.71. The minimum absolute atomic E-state index is 0.143. The molecule has 2 fully saturated rings. The smallest absolute Gasteiger partial charge is 0.189 e. The molecule has 3 atom stereocenters. The molecule has 0 saturated heterocycles. The van der Waals surface area contributed by atoms with Gasteiger partial charge in [-0.1, -0.05) is 25.7 Å². The molecule has 0 aromatic carbocycles. The SMILES string of the molecule is CCOC1CC(N=C(N)NC2CCCCCC2)C1n1cccn1. The lowest BCUT2D eigenvalue weighted by Gasteiger charge is -2.42. The first-order valence-corrected chi connectivity index (χ1v) is 8.98. The first-order valence-electron chi connectivity index (χ1n) is 8.98. The molecule has 0 spiro atoms. The van der Waals surface area contributed by atoms with Gasteiger partial charge in [-0.15, -0.1) is 0 Å². The largest absolute Gasteiger partial charge is 0.376 e. The van der Waals surface area contributed by atoms with Gasteiger partial charge < -0.3 is 15.8 Å². The van der Waals surface area contributed by atoms with E-state index in [1.54, 1.807) is 6.20 Å². The monoisotopic (exact) mass is 319 g/mol. The fourth-order valence-corrected chi connectivity index (χ4v) is 3.73. The molecular weight excluding hydrogens is 290 g/mol. The molecule has 0 bridgehead atoms. The van der Waals surface area contributed by atoms with Gasteiger partial charge in [0.05, 0.1) is 12.1 Å². The predicted molar refractivity (Wildman–Crippen MR) is 91.3 cm³/mol. The molecular formula is C17H29N5O. The van der Waals surface area contributed by atoms with Crippen LogP contribution in [-0.4, -0.2) is 40.5 Å². The minimum atomic E-state index is 0.143. The Morgan fingerprint density at radius 1 is 1.35 bits per heavy atom. The summed E-state index contributed by atoms with van der Waals surface area (Å²) in [5, 5.41) is 7.79. The van der Waals surface area contributed by atoms with Gasteiger partial charge >= 0.3 is 0 Å². The van der Waals surface area contributed by atoms with Crippen LogP contribution in [0.15, 0.2) is 23.5 Å². The number of nitrogens with one attached hydrogen (secondary N) is 1. The van der Waals surface area contributed by atoms with E-state index in [9.17, 15) is 0 Å². The van der Waals surface area contributed by atoms with Crippen LogP contribution in [0.3, 0.4) is 0 Å². The third-order valence-corrected chi connectivity index (χ3v) is 4.97. The zero-order chi connectivity index (χ0) is 16.1.